The van der Waals surface area contributed by atoms with E-state index in [0.717, 1.165) is 43.1 Å². The minimum atomic E-state index is -0.139. The van der Waals surface area contributed by atoms with E-state index in [4.69, 9.17) is 0 Å². The van der Waals surface area contributed by atoms with Crippen LogP contribution in [0.3, 0.4) is 0 Å². The maximum atomic E-state index is 12.1. The van der Waals surface area contributed by atoms with Crippen molar-refractivity contribution in [2.75, 3.05) is 41.7 Å². The van der Waals surface area contributed by atoms with Crippen LogP contribution in [0.5, 0.6) is 0 Å². The molecular weight excluding hydrogens is 428 g/mol. The molecule has 0 saturated carbocycles. The van der Waals surface area contributed by atoms with Crippen LogP contribution in [0.2, 0.25) is 0 Å². The Morgan fingerprint density at radius 2 is 1.68 bits per heavy atom. The number of aryl methyl sites for hydroxylation is 1. The van der Waals surface area contributed by atoms with E-state index in [1.54, 1.807) is 6.92 Å². The molecule has 1 amide bonds. The first-order valence-corrected chi connectivity index (χ1v) is 11.4. The third-order valence-electron chi connectivity index (χ3n) is 5.92. The molecule has 8 nitrogen and oxygen atoms in total. The van der Waals surface area contributed by atoms with Crippen LogP contribution in [-0.4, -0.2) is 53.0 Å². The van der Waals surface area contributed by atoms with Crippen molar-refractivity contribution < 1.29 is 9.59 Å². The Bertz CT molecular complexity index is 1170. The fourth-order valence-corrected chi connectivity index (χ4v) is 4.05. The van der Waals surface area contributed by atoms with Crippen molar-refractivity contribution in [2.24, 2.45) is 0 Å². The summed E-state index contributed by atoms with van der Waals surface area (Å²) in [5.74, 6) is 0.545. The normalized spacial score (nSPS) is 13.5. The number of amides is 1. The minimum Gasteiger partial charge on any atom is -0.379 e. The van der Waals surface area contributed by atoms with Crippen LogP contribution in [0.4, 0.5) is 22.9 Å². The van der Waals surface area contributed by atoms with Crippen molar-refractivity contribution in [1.29, 1.82) is 0 Å². The Morgan fingerprint density at radius 3 is 2.32 bits per heavy atom. The molecule has 1 fully saturated rings. The fraction of sp³-hybridized carbons (Fsp3) is 0.308. The summed E-state index contributed by atoms with van der Waals surface area (Å²) in [5.41, 5.74) is 5.27. The summed E-state index contributed by atoms with van der Waals surface area (Å²) in [7, 11) is 0. The standard InChI is InChI=1S/C26H30N6O2/c1-18-5-4-6-21(15-18)17-27-24-16-25(29-30-26(24)19(2)33)28-22-7-9-23(10-8-22)32-13-11-31(12-14-32)20(3)34/h4-10,15-16H,11-14,17H2,1-3H3,(H2,27,28,29). The molecule has 2 heterocycles. The van der Waals surface area contributed by atoms with Crippen LogP contribution in [-0.2, 0) is 11.3 Å². The maximum Gasteiger partial charge on any atom is 0.219 e. The van der Waals surface area contributed by atoms with E-state index >= 15 is 0 Å². The van der Waals surface area contributed by atoms with Gasteiger partial charge < -0.3 is 20.4 Å². The Morgan fingerprint density at radius 1 is 0.941 bits per heavy atom. The molecule has 3 aromatic rings. The molecule has 2 aromatic carbocycles. The number of carbonyl (C=O) groups excluding carboxylic acids is 2. The minimum absolute atomic E-state index is 0.129. The Labute approximate surface area is 200 Å². The van der Waals surface area contributed by atoms with Crippen LogP contribution in [0.25, 0.3) is 0 Å². The van der Waals surface area contributed by atoms with Crippen molar-refractivity contribution in [1.82, 2.24) is 15.1 Å². The van der Waals surface area contributed by atoms with E-state index in [-0.39, 0.29) is 11.7 Å². The number of rotatable bonds is 7. The van der Waals surface area contributed by atoms with Gasteiger partial charge in [-0.2, -0.15) is 0 Å². The zero-order chi connectivity index (χ0) is 24.1. The van der Waals surface area contributed by atoms with E-state index in [1.807, 2.05) is 35.2 Å². The highest BCUT2D eigenvalue weighted by atomic mass is 16.2. The SMILES string of the molecule is CC(=O)c1nnc(Nc2ccc(N3CCN(C(C)=O)CC3)cc2)cc1NCc1cccc(C)c1. The number of benzene rings is 2. The van der Waals surface area contributed by atoms with Gasteiger partial charge >= 0.3 is 0 Å². The van der Waals surface area contributed by atoms with Crippen LogP contribution < -0.4 is 15.5 Å². The lowest BCUT2D eigenvalue weighted by Gasteiger charge is -2.35. The van der Waals surface area contributed by atoms with Gasteiger partial charge in [0.25, 0.3) is 0 Å². The van der Waals surface area contributed by atoms with E-state index < -0.39 is 0 Å². The molecule has 0 aliphatic carbocycles. The number of hydrogen-bond donors (Lipinski definition) is 2. The average Bonchev–Trinajstić information content (AvgIpc) is 2.83. The molecular formula is C26H30N6O2. The summed E-state index contributed by atoms with van der Waals surface area (Å²) in [5, 5.41) is 14.9. The average molecular weight is 459 g/mol. The lowest BCUT2D eigenvalue weighted by atomic mass is 10.1. The molecule has 176 valence electrons. The largest absolute Gasteiger partial charge is 0.379 e. The highest BCUT2D eigenvalue weighted by molar-refractivity contribution is 5.97. The third kappa shape index (κ3) is 5.70. The zero-order valence-corrected chi connectivity index (χ0v) is 19.8. The Balaban J connectivity index is 1.43. The number of anilines is 4. The van der Waals surface area contributed by atoms with Gasteiger partial charge in [0.15, 0.2) is 17.3 Å². The molecule has 1 aromatic heterocycles. The lowest BCUT2D eigenvalue weighted by molar-refractivity contribution is -0.129. The van der Waals surface area contributed by atoms with Gasteiger partial charge in [-0.1, -0.05) is 29.8 Å². The molecule has 0 spiro atoms. The van der Waals surface area contributed by atoms with Gasteiger partial charge in [-0.25, -0.2) is 0 Å². The topological polar surface area (TPSA) is 90.5 Å². The summed E-state index contributed by atoms with van der Waals surface area (Å²) in [6.45, 7) is 8.87. The summed E-state index contributed by atoms with van der Waals surface area (Å²) in [4.78, 5) is 27.7. The number of hydrogen-bond acceptors (Lipinski definition) is 7. The highest BCUT2D eigenvalue weighted by Crippen LogP contribution is 2.24. The molecule has 34 heavy (non-hydrogen) atoms. The van der Waals surface area contributed by atoms with Gasteiger partial charge in [-0.3, -0.25) is 9.59 Å². The number of Topliss-reactive ketones (excluding diaryl/α,β-unsaturated/α-hetero) is 1. The third-order valence-corrected chi connectivity index (χ3v) is 5.92. The highest BCUT2D eigenvalue weighted by Gasteiger charge is 2.18. The van der Waals surface area contributed by atoms with Crippen LogP contribution in [0, 0.1) is 6.92 Å². The van der Waals surface area contributed by atoms with E-state index in [9.17, 15) is 9.59 Å². The van der Waals surface area contributed by atoms with Crippen LogP contribution >= 0.6 is 0 Å². The fourth-order valence-electron chi connectivity index (χ4n) is 4.05. The van der Waals surface area contributed by atoms with Crippen molar-refractivity contribution in [3.05, 3.63) is 71.4 Å². The van der Waals surface area contributed by atoms with Gasteiger partial charge in [0.1, 0.15) is 0 Å². The second-order valence-electron chi connectivity index (χ2n) is 8.56. The monoisotopic (exact) mass is 458 g/mol. The van der Waals surface area contributed by atoms with Gasteiger partial charge in [-0.15, -0.1) is 10.2 Å². The molecule has 0 unspecified atom stereocenters. The molecule has 4 rings (SSSR count). The van der Waals surface area contributed by atoms with Crippen LogP contribution in [0.1, 0.15) is 35.5 Å². The second-order valence-corrected chi connectivity index (χ2v) is 8.56. The Hall–Kier alpha value is -3.94. The van der Waals surface area contributed by atoms with Crippen molar-refractivity contribution in [3.8, 4) is 0 Å². The number of nitrogens with one attached hydrogen (secondary N) is 2. The summed E-state index contributed by atoms with van der Waals surface area (Å²) in [6, 6.07) is 18.1. The van der Waals surface area contributed by atoms with E-state index in [2.05, 4.69) is 56.9 Å². The first-order chi connectivity index (χ1) is 16.4. The van der Waals surface area contributed by atoms with Crippen molar-refractivity contribution in [3.63, 3.8) is 0 Å². The van der Waals surface area contributed by atoms with E-state index in [0.29, 0.717) is 23.7 Å². The summed E-state index contributed by atoms with van der Waals surface area (Å²) >= 11 is 0. The van der Waals surface area contributed by atoms with Crippen molar-refractivity contribution >= 4 is 34.6 Å². The smallest absolute Gasteiger partial charge is 0.219 e. The molecule has 1 aliphatic rings. The second kappa shape index (κ2) is 10.3. The van der Waals surface area contributed by atoms with Crippen LogP contribution in [0.15, 0.2) is 54.6 Å². The van der Waals surface area contributed by atoms with E-state index in [1.165, 1.54) is 12.5 Å². The first-order valence-electron chi connectivity index (χ1n) is 11.4. The van der Waals surface area contributed by atoms with Crippen molar-refractivity contribution in [2.45, 2.75) is 27.3 Å². The molecule has 0 atom stereocenters. The Kier molecular flexibility index (Phi) is 7.06. The predicted octanol–water partition coefficient (Wildman–Crippen LogP) is 4.01. The molecule has 1 aliphatic heterocycles. The number of carbonyl (C=O) groups is 2. The summed E-state index contributed by atoms with van der Waals surface area (Å²) < 4.78 is 0. The number of ketones is 1. The quantitative estimate of drug-likeness (QED) is 0.517. The van der Waals surface area contributed by atoms with Gasteiger partial charge in [-0.05, 0) is 36.8 Å². The molecule has 0 radical (unpaired) electrons. The molecule has 0 bridgehead atoms. The number of aromatic nitrogens is 2. The first kappa shape index (κ1) is 23.2. The molecule has 8 heteroatoms. The molecule has 1 saturated heterocycles. The number of piperazine rings is 1. The zero-order valence-electron chi connectivity index (χ0n) is 19.8. The lowest BCUT2D eigenvalue weighted by Crippen LogP contribution is -2.48. The van der Waals surface area contributed by atoms with Gasteiger partial charge in [0.05, 0.1) is 5.69 Å². The molecule has 2 N–H and O–H groups in total. The predicted molar refractivity (Wildman–Crippen MR) is 135 cm³/mol. The maximum absolute atomic E-state index is 12.1. The summed E-state index contributed by atoms with van der Waals surface area (Å²) in [6.07, 6.45) is 0. The van der Waals surface area contributed by atoms with Gasteiger partial charge in [0, 0.05) is 64.0 Å². The van der Waals surface area contributed by atoms with Gasteiger partial charge in [0.2, 0.25) is 5.91 Å². The number of nitrogens with zero attached hydrogens (tertiary/aromatic N) is 4.